The number of aryl methyl sites for hydroxylation is 2. The SMILES string of the molecule is CC(C)Cc1cc(-c2[c-]ccc3c2CCCC3)ncc1[Si](C)(C)C.Cc1nccc2nc(-c3[c-]cc(C(C)C)c4c3oc3ncccc34)n(C(C)C)c12.[Ir]. The number of hydrogen-bond acceptors (Lipinski definition) is 5. The van der Waals surface area contributed by atoms with Crippen molar-refractivity contribution in [1.82, 2.24) is 24.5 Å². The van der Waals surface area contributed by atoms with Gasteiger partial charge in [0, 0.05) is 50.1 Å². The molecule has 283 valence electrons. The second-order valence-corrected chi connectivity index (χ2v) is 21.8. The summed E-state index contributed by atoms with van der Waals surface area (Å²) in [7, 11) is -1.37. The Morgan fingerprint density at radius 1 is 0.907 bits per heavy atom. The molecule has 0 amide bonds. The molecule has 1 radical (unpaired) electrons. The maximum atomic E-state index is 6.28. The Bertz CT molecular complexity index is 2430. The zero-order chi connectivity index (χ0) is 37.6. The molecule has 0 unspecified atom stereocenters. The molecule has 6 nitrogen and oxygen atoms in total. The molecule has 0 N–H and O–H groups in total. The predicted octanol–water partition coefficient (Wildman–Crippen LogP) is 11.4. The van der Waals surface area contributed by atoms with E-state index < -0.39 is 8.07 Å². The summed E-state index contributed by atoms with van der Waals surface area (Å²) in [5, 5.41) is 3.66. The minimum Gasteiger partial charge on any atom is -0.486 e. The van der Waals surface area contributed by atoms with E-state index in [-0.39, 0.29) is 26.1 Å². The Morgan fingerprint density at radius 3 is 2.41 bits per heavy atom. The summed E-state index contributed by atoms with van der Waals surface area (Å²) in [6.07, 6.45) is 11.9. The minimum absolute atomic E-state index is 0. The Morgan fingerprint density at radius 2 is 1.69 bits per heavy atom. The van der Waals surface area contributed by atoms with Gasteiger partial charge in [-0.3, -0.25) is 9.97 Å². The summed E-state index contributed by atoms with van der Waals surface area (Å²) in [6.45, 7) is 22.6. The topological polar surface area (TPSA) is 69.6 Å². The van der Waals surface area contributed by atoms with Crippen molar-refractivity contribution in [3.63, 3.8) is 0 Å². The fraction of sp³-hybridized carbons (Fsp3) is 0.391. The van der Waals surface area contributed by atoms with E-state index in [2.05, 4.69) is 124 Å². The van der Waals surface area contributed by atoms with Crippen molar-refractivity contribution in [2.45, 2.75) is 112 Å². The van der Waals surface area contributed by atoms with Crippen LogP contribution in [-0.2, 0) is 39.4 Å². The molecular formula is C46H53IrN5OSi-2. The molecule has 1 aliphatic carbocycles. The number of hydrogen-bond donors (Lipinski definition) is 0. The molecule has 8 rings (SSSR count). The third-order valence-electron chi connectivity index (χ3n) is 10.5. The summed E-state index contributed by atoms with van der Waals surface area (Å²) >= 11 is 0. The van der Waals surface area contributed by atoms with Crippen molar-refractivity contribution >= 4 is 46.4 Å². The number of pyridine rings is 3. The second kappa shape index (κ2) is 16.0. The van der Waals surface area contributed by atoms with Crippen molar-refractivity contribution in [2.24, 2.45) is 5.92 Å². The molecule has 0 saturated carbocycles. The number of rotatable bonds is 7. The van der Waals surface area contributed by atoms with E-state index in [9.17, 15) is 0 Å². The first-order valence-electron chi connectivity index (χ1n) is 19.4. The van der Waals surface area contributed by atoms with Crippen molar-refractivity contribution in [3.8, 4) is 22.6 Å². The van der Waals surface area contributed by atoms with E-state index in [1.807, 2.05) is 25.3 Å². The molecular weight excluding hydrogens is 859 g/mol. The molecule has 5 aromatic heterocycles. The van der Waals surface area contributed by atoms with E-state index in [0.717, 1.165) is 56.6 Å². The number of benzene rings is 2. The van der Waals surface area contributed by atoms with Gasteiger partial charge in [0.25, 0.3) is 0 Å². The largest absolute Gasteiger partial charge is 0.486 e. The average Bonchev–Trinajstić information content (AvgIpc) is 3.71. The van der Waals surface area contributed by atoms with E-state index in [0.29, 0.717) is 17.5 Å². The predicted molar refractivity (Wildman–Crippen MR) is 223 cm³/mol. The van der Waals surface area contributed by atoms with Crippen LogP contribution in [0.15, 0.2) is 65.5 Å². The zero-order valence-electron chi connectivity index (χ0n) is 33.5. The molecule has 0 atom stereocenters. The molecule has 0 aliphatic heterocycles. The first-order chi connectivity index (χ1) is 25.3. The van der Waals surface area contributed by atoms with Crippen LogP contribution < -0.4 is 5.19 Å². The van der Waals surface area contributed by atoms with Crippen LogP contribution in [0.25, 0.3) is 55.7 Å². The van der Waals surface area contributed by atoms with Gasteiger partial charge in [0.05, 0.1) is 36.2 Å². The van der Waals surface area contributed by atoms with Crippen LogP contribution >= 0.6 is 0 Å². The van der Waals surface area contributed by atoms with Gasteiger partial charge in [0.2, 0.25) is 5.71 Å². The van der Waals surface area contributed by atoms with Crippen LogP contribution in [0.5, 0.6) is 0 Å². The maximum absolute atomic E-state index is 6.28. The van der Waals surface area contributed by atoms with Gasteiger partial charge < -0.3 is 14.0 Å². The van der Waals surface area contributed by atoms with Gasteiger partial charge >= 0.3 is 0 Å². The van der Waals surface area contributed by atoms with Gasteiger partial charge in [-0.15, -0.1) is 52.6 Å². The van der Waals surface area contributed by atoms with E-state index in [1.54, 1.807) is 6.20 Å². The Hall–Kier alpha value is -3.97. The zero-order valence-corrected chi connectivity index (χ0v) is 36.9. The molecule has 0 fully saturated rings. The molecule has 5 heterocycles. The van der Waals surface area contributed by atoms with Crippen LogP contribution in [0.3, 0.4) is 0 Å². The molecule has 0 bridgehead atoms. The van der Waals surface area contributed by atoms with Gasteiger partial charge in [-0.25, -0.2) is 4.98 Å². The number of furan rings is 1. The molecule has 1 aliphatic rings. The number of fused-ring (bicyclic) bond motifs is 5. The smallest absolute Gasteiger partial charge is 0.216 e. The summed E-state index contributed by atoms with van der Waals surface area (Å²) in [4.78, 5) is 18.8. The van der Waals surface area contributed by atoms with Gasteiger partial charge in [0.15, 0.2) is 0 Å². The van der Waals surface area contributed by atoms with Crippen LogP contribution in [0.1, 0.15) is 94.3 Å². The second-order valence-electron chi connectivity index (χ2n) is 16.7. The van der Waals surface area contributed by atoms with Crippen molar-refractivity contribution in [3.05, 3.63) is 101 Å². The van der Waals surface area contributed by atoms with Crippen molar-refractivity contribution in [1.29, 1.82) is 0 Å². The van der Waals surface area contributed by atoms with Gasteiger partial charge in [0.1, 0.15) is 0 Å². The Balaban J connectivity index is 0.000000184. The van der Waals surface area contributed by atoms with E-state index in [4.69, 9.17) is 14.4 Å². The van der Waals surface area contributed by atoms with Crippen molar-refractivity contribution < 1.29 is 24.5 Å². The van der Waals surface area contributed by atoms with Crippen LogP contribution in [0.2, 0.25) is 19.6 Å². The molecule has 8 heteroatoms. The first-order valence-corrected chi connectivity index (χ1v) is 22.9. The molecule has 2 aromatic carbocycles. The fourth-order valence-corrected chi connectivity index (χ4v) is 9.64. The number of aromatic nitrogens is 5. The molecule has 7 aromatic rings. The van der Waals surface area contributed by atoms with Crippen molar-refractivity contribution in [2.75, 3.05) is 0 Å². The summed E-state index contributed by atoms with van der Waals surface area (Å²) in [6, 6.07) is 22.0. The van der Waals surface area contributed by atoms with Gasteiger partial charge in [-0.1, -0.05) is 95.1 Å². The van der Waals surface area contributed by atoms with Crippen LogP contribution in [-0.4, -0.2) is 32.6 Å². The quantitative estimate of drug-likeness (QED) is 0.118. The summed E-state index contributed by atoms with van der Waals surface area (Å²) in [5.41, 5.74) is 13.4. The third kappa shape index (κ3) is 7.62. The number of nitrogens with zero attached hydrogens (tertiary/aromatic N) is 5. The monoisotopic (exact) mass is 912 g/mol. The molecule has 0 saturated heterocycles. The fourth-order valence-electron chi connectivity index (χ4n) is 8.05. The van der Waals surface area contributed by atoms with Crippen LogP contribution in [0, 0.1) is 25.0 Å². The Kier molecular flexibility index (Phi) is 11.8. The third-order valence-corrected chi connectivity index (χ3v) is 12.6. The normalized spacial score (nSPS) is 13.1. The van der Waals surface area contributed by atoms with E-state index in [1.165, 1.54) is 58.7 Å². The standard InChI is InChI=1S/C24H23N4O.C22H30NSi.Ir/c1-13(2)16-8-9-18(22-20(16)17-7-6-11-26-24(17)29-22)23-27-19-10-12-25-15(5)21(19)28(23)14(3)4;1-16(2)13-18-14-21(23-15-22(18)24(3,4)5)20-12-8-10-17-9-6-7-11-19(17)20;/h6-8,10-14H,1-5H3;8,10,14-16H,6-7,9,11,13H2,1-5H3;/q2*-1;. The minimum atomic E-state index is -1.37. The first kappa shape index (κ1) is 39.7. The van der Waals surface area contributed by atoms with Gasteiger partial charge in [-0.2, -0.15) is 0 Å². The molecule has 0 spiro atoms. The number of imidazole rings is 1. The average molecular weight is 912 g/mol. The summed E-state index contributed by atoms with van der Waals surface area (Å²) < 4.78 is 8.51. The van der Waals surface area contributed by atoms with Crippen LogP contribution in [0.4, 0.5) is 0 Å². The Labute approximate surface area is 335 Å². The molecule has 54 heavy (non-hydrogen) atoms. The van der Waals surface area contributed by atoms with E-state index >= 15 is 0 Å². The summed E-state index contributed by atoms with van der Waals surface area (Å²) in [5.74, 6) is 1.87. The maximum Gasteiger partial charge on any atom is 0.216 e. The van der Waals surface area contributed by atoms with Gasteiger partial charge in [-0.05, 0) is 68.6 Å².